The molecule has 0 unspecified atom stereocenters. The number of hydrogen-bond donors (Lipinski definition) is 1. The number of carbonyl (C=O) groups is 1. The number of nitrogens with one attached hydrogen (secondary N) is 1. The maximum Gasteiger partial charge on any atom is 0.255 e. The van der Waals surface area contributed by atoms with Gasteiger partial charge in [-0.15, -0.1) is 0 Å². The normalized spacial score (nSPS) is 16.1. The van der Waals surface area contributed by atoms with Crippen LogP contribution >= 0.6 is 11.6 Å². The summed E-state index contributed by atoms with van der Waals surface area (Å²) < 4.78 is 24.7. The number of benzene rings is 2. The van der Waals surface area contributed by atoms with Gasteiger partial charge in [0.1, 0.15) is 0 Å². The zero-order valence-corrected chi connectivity index (χ0v) is 17.6. The molecule has 1 fully saturated rings. The van der Waals surface area contributed by atoms with Gasteiger partial charge in [-0.05, 0) is 42.3 Å². The van der Waals surface area contributed by atoms with Crippen molar-refractivity contribution >= 4 is 33.2 Å². The van der Waals surface area contributed by atoms with Crippen LogP contribution in [-0.4, -0.2) is 56.0 Å². The standard InChI is InChI=1S/C20H24ClN3O3S/c1-15-18(21)4-3-5-19(15)22-20(25)17-8-6-16(7-9-17)14-23-10-12-24(13-11-23)28(2,26)27/h3-9H,10-14H2,1-2H3,(H,22,25). The van der Waals surface area contributed by atoms with E-state index >= 15 is 0 Å². The molecule has 1 aliphatic heterocycles. The molecule has 8 heteroatoms. The molecule has 1 aliphatic rings. The average molecular weight is 422 g/mol. The van der Waals surface area contributed by atoms with E-state index in [1.165, 1.54) is 10.6 Å². The molecule has 1 amide bonds. The van der Waals surface area contributed by atoms with E-state index in [-0.39, 0.29) is 5.91 Å². The van der Waals surface area contributed by atoms with Crippen molar-refractivity contribution in [1.29, 1.82) is 0 Å². The highest BCUT2D eigenvalue weighted by atomic mass is 35.5. The molecule has 1 saturated heterocycles. The van der Waals surface area contributed by atoms with Crippen LogP contribution in [0.4, 0.5) is 5.69 Å². The number of amides is 1. The molecular formula is C20H24ClN3O3S. The number of halogens is 1. The summed E-state index contributed by atoms with van der Waals surface area (Å²) in [6.45, 7) is 5.01. The van der Waals surface area contributed by atoms with Gasteiger partial charge in [0.25, 0.3) is 5.91 Å². The molecule has 3 rings (SSSR count). The number of sulfonamides is 1. The molecule has 0 bridgehead atoms. The molecule has 6 nitrogen and oxygen atoms in total. The zero-order valence-electron chi connectivity index (χ0n) is 16.0. The number of piperazine rings is 1. The van der Waals surface area contributed by atoms with Gasteiger partial charge in [-0.1, -0.05) is 29.8 Å². The van der Waals surface area contributed by atoms with Crippen LogP contribution in [0.25, 0.3) is 0 Å². The molecule has 28 heavy (non-hydrogen) atoms. The summed E-state index contributed by atoms with van der Waals surface area (Å²) in [5, 5.41) is 3.51. The number of rotatable bonds is 5. The molecule has 1 N–H and O–H groups in total. The minimum Gasteiger partial charge on any atom is -0.322 e. The molecular weight excluding hydrogens is 398 g/mol. The molecule has 0 radical (unpaired) electrons. The van der Waals surface area contributed by atoms with E-state index in [4.69, 9.17) is 11.6 Å². The zero-order chi connectivity index (χ0) is 20.3. The largest absolute Gasteiger partial charge is 0.322 e. The SMILES string of the molecule is Cc1c(Cl)cccc1NC(=O)c1ccc(CN2CCN(S(C)(=O)=O)CC2)cc1. The molecule has 150 valence electrons. The Morgan fingerprint density at radius 3 is 2.32 bits per heavy atom. The first-order valence-corrected chi connectivity index (χ1v) is 11.3. The Hall–Kier alpha value is -1.93. The summed E-state index contributed by atoms with van der Waals surface area (Å²) in [5.41, 5.74) is 3.20. The first kappa shape index (κ1) is 20.8. The smallest absolute Gasteiger partial charge is 0.255 e. The van der Waals surface area contributed by atoms with E-state index in [9.17, 15) is 13.2 Å². The molecule has 0 aliphatic carbocycles. The molecule has 0 saturated carbocycles. The van der Waals surface area contributed by atoms with Crippen LogP contribution in [0.15, 0.2) is 42.5 Å². The van der Waals surface area contributed by atoms with Crippen LogP contribution < -0.4 is 5.32 Å². The van der Waals surface area contributed by atoms with Crippen molar-refractivity contribution in [1.82, 2.24) is 9.21 Å². The Labute approximate surface area is 171 Å². The lowest BCUT2D eigenvalue weighted by atomic mass is 10.1. The van der Waals surface area contributed by atoms with Crippen molar-refractivity contribution in [2.24, 2.45) is 0 Å². The fourth-order valence-corrected chi connectivity index (χ4v) is 4.18. The molecule has 2 aromatic rings. The van der Waals surface area contributed by atoms with Gasteiger partial charge in [0.15, 0.2) is 0 Å². The predicted molar refractivity (Wildman–Crippen MR) is 112 cm³/mol. The summed E-state index contributed by atoms with van der Waals surface area (Å²) in [6, 6.07) is 12.9. The molecule has 1 heterocycles. The number of anilines is 1. The monoisotopic (exact) mass is 421 g/mol. The molecule has 0 aromatic heterocycles. The van der Waals surface area contributed by atoms with Gasteiger partial charge >= 0.3 is 0 Å². The third-order valence-electron chi connectivity index (χ3n) is 4.94. The first-order valence-electron chi connectivity index (χ1n) is 9.07. The quantitative estimate of drug-likeness (QED) is 0.805. The van der Waals surface area contributed by atoms with E-state index in [0.717, 1.165) is 17.7 Å². The van der Waals surface area contributed by atoms with Gasteiger partial charge in [0, 0.05) is 49.0 Å². The summed E-state index contributed by atoms with van der Waals surface area (Å²) in [7, 11) is -3.12. The van der Waals surface area contributed by atoms with E-state index in [1.54, 1.807) is 24.3 Å². The number of nitrogens with zero attached hydrogens (tertiary/aromatic N) is 2. The van der Waals surface area contributed by atoms with Crippen molar-refractivity contribution in [3.05, 3.63) is 64.2 Å². The Bertz CT molecular complexity index is 953. The van der Waals surface area contributed by atoms with E-state index in [1.807, 2.05) is 25.1 Å². The summed E-state index contributed by atoms with van der Waals surface area (Å²) >= 11 is 6.10. The number of hydrogen-bond acceptors (Lipinski definition) is 4. The van der Waals surface area contributed by atoms with Crippen LogP contribution in [0, 0.1) is 6.92 Å². The van der Waals surface area contributed by atoms with Crippen LogP contribution in [0.5, 0.6) is 0 Å². The fourth-order valence-electron chi connectivity index (χ4n) is 3.18. The first-order chi connectivity index (χ1) is 13.2. The second kappa shape index (κ2) is 8.61. The van der Waals surface area contributed by atoms with Gasteiger partial charge in [0.2, 0.25) is 10.0 Å². The predicted octanol–water partition coefficient (Wildman–Crippen LogP) is 2.98. The second-order valence-corrected chi connectivity index (χ2v) is 9.39. The molecule has 2 aromatic carbocycles. The third kappa shape index (κ3) is 5.11. The average Bonchev–Trinajstić information content (AvgIpc) is 2.66. The van der Waals surface area contributed by atoms with Crippen molar-refractivity contribution in [3.63, 3.8) is 0 Å². The lowest BCUT2D eigenvalue weighted by Crippen LogP contribution is -2.47. The Morgan fingerprint density at radius 2 is 1.71 bits per heavy atom. The second-order valence-electron chi connectivity index (χ2n) is 7.00. The highest BCUT2D eigenvalue weighted by molar-refractivity contribution is 7.88. The number of carbonyl (C=O) groups excluding carboxylic acids is 1. The summed E-state index contributed by atoms with van der Waals surface area (Å²) in [4.78, 5) is 14.7. The third-order valence-corrected chi connectivity index (χ3v) is 6.65. The van der Waals surface area contributed by atoms with Crippen molar-refractivity contribution < 1.29 is 13.2 Å². The van der Waals surface area contributed by atoms with Crippen LogP contribution in [0.3, 0.4) is 0 Å². The maximum atomic E-state index is 12.5. The maximum absolute atomic E-state index is 12.5. The van der Waals surface area contributed by atoms with Gasteiger partial charge in [0.05, 0.1) is 6.26 Å². The highest BCUT2D eigenvalue weighted by Crippen LogP contribution is 2.23. The lowest BCUT2D eigenvalue weighted by Gasteiger charge is -2.33. The topological polar surface area (TPSA) is 69.7 Å². The minimum atomic E-state index is -3.12. The Kier molecular flexibility index (Phi) is 6.40. The molecule has 0 spiro atoms. The fraction of sp³-hybridized carbons (Fsp3) is 0.350. The summed E-state index contributed by atoms with van der Waals surface area (Å²) in [6.07, 6.45) is 1.25. The van der Waals surface area contributed by atoms with E-state index < -0.39 is 10.0 Å². The van der Waals surface area contributed by atoms with Crippen LogP contribution in [0.1, 0.15) is 21.5 Å². The highest BCUT2D eigenvalue weighted by Gasteiger charge is 2.23. The van der Waals surface area contributed by atoms with Crippen molar-refractivity contribution in [3.8, 4) is 0 Å². The molecule has 0 atom stereocenters. The Morgan fingerprint density at radius 1 is 1.07 bits per heavy atom. The van der Waals surface area contributed by atoms with Crippen LogP contribution in [-0.2, 0) is 16.6 Å². The lowest BCUT2D eigenvalue weighted by molar-refractivity contribution is 0.102. The summed E-state index contributed by atoms with van der Waals surface area (Å²) in [5.74, 6) is -0.182. The van der Waals surface area contributed by atoms with Gasteiger partial charge in [-0.25, -0.2) is 8.42 Å². The van der Waals surface area contributed by atoms with E-state index in [0.29, 0.717) is 42.5 Å². The van der Waals surface area contributed by atoms with E-state index in [2.05, 4.69) is 10.2 Å². The van der Waals surface area contributed by atoms with Crippen molar-refractivity contribution in [2.45, 2.75) is 13.5 Å². The van der Waals surface area contributed by atoms with Crippen molar-refractivity contribution in [2.75, 3.05) is 37.8 Å². The minimum absolute atomic E-state index is 0.182. The van der Waals surface area contributed by atoms with Gasteiger partial charge in [-0.2, -0.15) is 4.31 Å². The van der Waals surface area contributed by atoms with Gasteiger partial charge < -0.3 is 5.32 Å². The van der Waals surface area contributed by atoms with Crippen LogP contribution in [0.2, 0.25) is 5.02 Å². The Balaban J connectivity index is 1.58. The van der Waals surface area contributed by atoms with Gasteiger partial charge in [-0.3, -0.25) is 9.69 Å².